The fraction of sp³-hybridized carbons (Fsp3) is 0.556. The molecule has 0 unspecified atom stereocenters. The molecule has 2 N–H and O–H groups in total. The predicted octanol–water partition coefficient (Wildman–Crippen LogP) is 3.67. The third kappa shape index (κ3) is 4.05. The largest absolute Gasteiger partial charge is 0.353 e. The molecule has 2 fully saturated rings. The third-order valence-electron chi connectivity index (χ3n) is 4.92. The van der Waals surface area contributed by atoms with Crippen LogP contribution in [0.3, 0.4) is 0 Å². The molecule has 124 valence electrons. The Hall–Kier alpha value is -1.55. The van der Waals surface area contributed by atoms with Crippen molar-refractivity contribution < 1.29 is 9.59 Å². The van der Waals surface area contributed by atoms with Crippen LogP contribution >= 0.6 is 11.6 Å². The maximum absolute atomic E-state index is 12.4. The molecule has 0 bridgehead atoms. The molecule has 2 amide bonds. The molecule has 1 aromatic carbocycles. The minimum Gasteiger partial charge on any atom is -0.353 e. The van der Waals surface area contributed by atoms with Crippen molar-refractivity contribution >= 4 is 29.1 Å². The quantitative estimate of drug-likeness (QED) is 0.882. The van der Waals surface area contributed by atoms with Gasteiger partial charge in [-0.25, -0.2) is 0 Å². The number of halogens is 1. The zero-order chi connectivity index (χ0) is 16.4. The first-order valence-electron chi connectivity index (χ1n) is 8.41. The maximum Gasteiger partial charge on any atom is 0.227 e. The monoisotopic (exact) mass is 334 g/mol. The van der Waals surface area contributed by atoms with E-state index >= 15 is 0 Å². The van der Waals surface area contributed by atoms with Crippen molar-refractivity contribution in [3.05, 3.63) is 28.8 Å². The van der Waals surface area contributed by atoms with Crippen LogP contribution in [0.15, 0.2) is 18.2 Å². The minimum absolute atomic E-state index is 0.0154. The number of benzene rings is 1. The maximum atomic E-state index is 12.4. The molecule has 0 aromatic heterocycles. The highest BCUT2D eigenvalue weighted by Crippen LogP contribution is 2.31. The lowest BCUT2D eigenvalue weighted by Gasteiger charge is -2.27. The zero-order valence-corrected chi connectivity index (χ0v) is 14.2. The molecule has 23 heavy (non-hydrogen) atoms. The Kier molecular flexibility index (Phi) is 4.90. The van der Waals surface area contributed by atoms with E-state index in [4.69, 9.17) is 11.6 Å². The molecule has 0 saturated heterocycles. The van der Waals surface area contributed by atoms with Gasteiger partial charge in [0.15, 0.2) is 0 Å². The molecular formula is C18H23ClN2O2. The highest BCUT2D eigenvalue weighted by Gasteiger charge is 2.32. The smallest absolute Gasteiger partial charge is 0.227 e. The van der Waals surface area contributed by atoms with Gasteiger partial charge in [-0.1, -0.05) is 17.7 Å². The van der Waals surface area contributed by atoms with Crippen molar-refractivity contribution in [3.63, 3.8) is 0 Å². The topological polar surface area (TPSA) is 58.2 Å². The molecular weight excluding hydrogens is 312 g/mol. The van der Waals surface area contributed by atoms with E-state index in [0.29, 0.717) is 11.1 Å². The summed E-state index contributed by atoms with van der Waals surface area (Å²) in [5.41, 5.74) is 1.66. The number of amides is 2. The molecule has 0 heterocycles. The van der Waals surface area contributed by atoms with Crippen molar-refractivity contribution in [2.24, 2.45) is 11.8 Å². The van der Waals surface area contributed by atoms with Crippen molar-refractivity contribution in [2.75, 3.05) is 5.32 Å². The van der Waals surface area contributed by atoms with E-state index < -0.39 is 0 Å². The first kappa shape index (κ1) is 16.3. The van der Waals surface area contributed by atoms with Crippen molar-refractivity contribution in [1.29, 1.82) is 0 Å². The van der Waals surface area contributed by atoms with Gasteiger partial charge in [-0.05, 0) is 63.1 Å². The second-order valence-corrected chi connectivity index (χ2v) is 7.14. The molecule has 0 radical (unpaired) electrons. The number of hydrogen-bond acceptors (Lipinski definition) is 2. The van der Waals surface area contributed by atoms with Crippen LogP contribution in [0.2, 0.25) is 5.02 Å². The van der Waals surface area contributed by atoms with Gasteiger partial charge in [0.25, 0.3) is 0 Å². The van der Waals surface area contributed by atoms with Crippen LogP contribution in [-0.2, 0) is 9.59 Å². The first-order chi connectivity index (χ1) is 11.0. The van der Waals surface area contributed by atoms with Gasteiger partial charge < -0.3 is 10.6 Å². The summed E-state index contributed by atoms with van der Waals surface area (Å²) in [7, 11) is 0. The van der Waals surface area contributed by atoms with E-state index in [0.717, 1.165) is 49.8 Å². The van der Waals surface area contributed by atoms with Crippen molar-refractivity contribution in [1.82, 2.24) is 5.32 Å². The summed E-state index contributed by atoms with van der Waals surface area (Å²) >= 11 is 6.09. The fourth-order valence-electron chi connectivity index (χ4n) is 3.14. The lowest BCUT2D eigenvalue weighted by molar-refractivity contribution is -0.128. The van der Waals surface area contributed by atoms with E-state index in [2.05, 4.69) is 10.6 Å². The SMILES string of the molecule is Cc1c(Cl)cccc1NC(=O)C1CCC(C(=O)NC2CC2)CC1. The summed E-state index contributed by atoms with van der Waals surface area (Å²) in [5.74, 6) is 0.277. The third-order valence-corrected chi connectivity index (χ3v) is 5.33. The van der Waals surface area contributed by atoms with Crippen LogP contribution in [0.5, 0.6) is 0 Å². The van der Waals surface area contributed by atoms with Gasteiger partial charge in [0.1, 0.15) is 0 Å². The summed E-state index contributed by atoms with van der Waals surface area (Å²) in [6.07, 6.45) is 5.36. The van der Waals surface area contributed by atoms with Crippen LogP contribution in [0.25, 0.3) is 0 Å². The summed E-state index contributed by atoms with van der Waals surface area (Å²) < 4.78 is 0. The van der Waals surface area contributed by atoms with E-state index in [1.165, 1.54) is 0 Å². The van der Waals surface area contributed by atoms with Crippen molar-refractivity contribution in [2.45, 2.75) is 51.5 Å². The second kappa shape index (κ2) is 6.91. The van der Waals surface area contributed by atoms with Crippen LogP contribution in [0.1, 0.15) is 44.1 Å². The Morgan fingerprint density at radius 3 is 2.22 bits per heavy atom. The van der Waals surface area contributed by atoms with Crippen LogP contribution in [0.4, 0.5) is 5.69 Å². The number of hydrogen-bond donors (Lipinski definition) is 2. The number of nitrogens with one attached hydrogen (secondary N) is 2. The van der Waals surface area contributed by atoms with Gasteiger partial charge in [0, 0.05) is 28.6 Å². The number of rotatable bonds is 4. The van der Waals surface area contributed by atoms with E-state index in [1.807, 2.05) is 25.1 Å². The number of anilines is 1. The Bertz CT molecular complexity index is 605. The van der Waals surface area contributed by atoms with E-state index in [9.17, 15) is 9.59 Å². The minimum atomic E-state index is -0.0154. The number of carbonyl (C=O) groups is 2. The molecule has 2 aliphatic carbocycles. The van der Waals surface area contributed by atoms with Crippen molar-refractivity contribution in [3.8, 4) is 0 Å². The molecule has 3 rings (SSSR count). The van der Waals surface area contributed by atoms with Gasteiger partial charge in [0.05, 0.1) is 0 Å². The van der Waals surface area contributed by atoms with E-state index in [1.54, 1.807) is 0 Å². The summed E-state index contributed by atoms with van der Waals surface area (Å²) in [5, 5.41) is 6.71. The van der Waals surface area contributed by atoms with Crippen LogP contribution in [-0.4, -0.2) is 17.9 Å². The summed E-state index contributed by atoms with van der Waals surface area (Å²) in [6, 6.07) is 5.93. The Labute approximate surface area is 142 Å². The van der Waals surface area contributed by atoms with E-state index in [-0.39, 0.29) is 23.7 Å². The second-order valence-electron chi connectivity index (χ2n) is 6.73. The molecule has 5 heteroatoms. The Morgan fingerprint density at radius 2 is 1.61 bits per heavy atom. The molecule has 2 saturated carbocycles. The molecule has 2 aliphatic rings. The van der Waals surface area contributed by atoms with Crippen LogP contribution < -0.4 is 10.6 Å². The Morgan fingerprint density at radius 1 is 1.00 bits per heavy atom. The fourth-order valence-corrected chi connectivity index (χ4v) is 3.32. The first-order valence-corrected chi connectivity index (χ1v) is 8.78. The summed E-state index contributed by atoms with van der Waals surface area (Å²) in [6.45, 7) is 1.90. The molecule has 0 atom stereocenters. The van der Waals surface area contributed by atoms with Gasteiger partial charge in [-0.3, -0.25) is 9.59 Å². The lowest BCUT2D eigenvalue weighted by Crippen LogP contribution is -2.36. The average molecular weight is 335 g/mol. The van der Waals surface area contributed by atoms with Crippen LogP contribution in [0, 0.1) is 18.8 Å². The molecule has 0 spiro atoms. The summed E-state index contributed by atoms with van der Waals surface area (Å²) in [4.78, 5) is 24.5. The van der Waals surface area contributed by atoms with Gasteiger partial charge in [0.2, 0.25) is 11.8 Å². The average Bonchev–Trinajstić information content (AvgIpc) is 3.36. The zero-order valence-electron chi connectivity index (χ0n) is 13.4. The molecule has 4 nitrogen and oxygen atoms in total. The normalized spacial score (nSPS) is 24.1. The molecule has 0 aliphatic heterocycles. The lowest BCUT2D eigenvalue weighted by atomic mass is 9.81. The Balaban J connectivity index is 1.51. The highest BCUT2D eigenvalue weighted by atomic mass is 35.5. The van der Waals surface area contributed by atoms with Gasteiger partial charge >= 0.3 is 0 Å². The predicted molar refractivity (Wildman–Crippen MR) is 91.4 cm³/mol. The number of carbonyl (C=O) groups excluding carboxylic acids is 2. The molecule has 1 aromatic rings. The van der Waals surface area contributed by atoms with Gasteiger partial charge in [-0.2, -0.15) is 0 Å². The van der Waals surface area contributed by atoms with Gasteiger partial charge in [-0.15, -0.1) is 0 Å². The highest BCUT2D eigenvalue weighted by molar-refractivity contribution is 6.31. The standard InChI is InChI=1S/C18H23ClN2O2/c1-11-15(19)3-2-4-16(11)21-18(23)13-7-5-12(6-8-13)17(22)20-14-9-10-14/h2-4,12-14H,5-10H2,1H3,(H,20,22)(H,21,23).